The molecule has 0 unspecified atom stereocenters. The summed E-state index contributed by atoms with van der Waals surface area (Å²) in [5.41, 5.74) is 3.38. The fourth-order valence-electron chi connectivity index (χ4n) is 5.70. The van der Waals surface area contributed by atoms with Gasteiger partial charge in [-0.25, -0.2) is 8.42 Å². The smallest absolute Gasteiger partial charge is 0.243 e. The summed E-state index contributed by atoms with van der Waals surface area (Å²) in [5.74, 6) is -0.301. The van der Waals surface area contributed by atoms with Crippen molar-refractivity contribution in [1.29, 1.82) is 0 Å². The van der Waals surface area contributed by atoms with Gasteiger partial charge in [-0.15, -0.1) is 0 Å². The predicted octanol–water partition coefficient (Wildman–Crippen LogP) is 5.63. The lowest BCUT2D eigenvalue weighted by Crippen LogP contribution is -2.52. The van der Waals surface area contributed by atoms with Crippen LogP contribution in [0.1, 0.15) is 61.6 Å². The van der Waals surface area contributed by atoms with Gasteiger partial charge in [0, 0.05) is 32.0 Å². The Bertz CT molecular complexity index is 1410. The van der Waals surface area contributed by atoms with E-state index in [1.807, 2.05) is 85.8 Å². The molecule has 1 N–H and O–H groups in total. The molecule has 0 aliphatic heterocycles. The molecule has 1 saturated carbocycles. The maximum atomic E-state index is 14.0. The van der Waals surface area contributed by atoms with E-state index in [1.54, 1.807) is 11.0 Å². The number of carbonyl (C=O) groups is 2. The zero-order chi connectivity index (χ0) is 30.0. The lowest BCUT2D eigenvalue weighted by molar-refractivity contribution is -0.141. The van der Waals surface area contributed by atoms with Gasteiger partial charge in [0.2, 0.25) is 21.8 Å². The highest BCUT2D eigenvalue weighted by Gasteiger charge is 2.32. The van der Waals surface area contributed by atoms with E-state index in [-0.39, 0.29) is 30.8 Å². The molecule has 0 heterocycles. The number of nitrogens with zero attached hydrogens (tertiary/aromatic N) is 2. The summed E-state index contributed by atoms with van der Waals surface area (Å²) in [7, 11) is -3.55. The van der Waals surface area contributed by atoms with Gasteiger partial charge in [-0.2, -0.15) is 0 Å². The third kappa shape index (κ3) is 8.92. The van der Waals surface area contributed by atoms with E-state index >= 15 is 0 Å². The van der Waals surface area contributed by atoms with Gasteiger partial charge in [-0.05, 0) is 48.9 Å². The van der Waals surface area contributed by atoms with Gasteiger partial charge >= 0.3 is 0 Å². The number of hydrogen-bond donors (Lipinski definition) is 1. The second-order valence-corrected chi connectivity index (χ2v) is 13.2. The van der Waals surface area contributed by atoms with E-state index in [4.69, 9.17) is 0 Å². The lowest BCUT2D eigenvalue weighted by Gasteiger charge is -2.34. The van der Waals surface area contributed by atoms with Crippen molar-refractivity contribution in [2.45, 2.75) is 76.9 Å². The maximum Gasteiger partial charge on any atom is 0.243 e. The highest BCUT2D eigenvalue weighted by atomic mass is 32.2. The molecule has 0 spiro atoms. The van der Waals surface area contributed by atoms with Crippen LogP contribution in [0, 0.1) is 6.92 Å². The lowest BCUT2D eigenvalue weighted by atomic mass is 9.94. The summed E-state index contributed by atoms with van der Waals surface area (Å²) in [6, 6.07) is 26.3. The normalized spacial score (nSPS) is 14.6. The van der Waals surface area contributed by atoms with Crippen LogP contribution in [-0.2, 0) is 32.6 Å². The van der Waals surface area contributed by atoms with E-state index in [2.05, 4.69) is 5.32 Å². The van der Waals surface area contributed by atoms with Crippen LogP contribution in [0.5, 0.6) is 0 Å². The van der Waals surface area contributed by atoms with Crippen LogP contribution >= 0.6 is 0 Å². The molecular formula is C34H43N3O4S. The molecule has 7 nitrogen and oxygen atoms in total. The number of carbonyl (C=O) groups excluding carboxylic acids is 2. The Labute approximate surface area is 251 Å². The van der Waals surface area contributed by atoms with Crippen LogP contribution in [0.25, 0.3) is 0 Å². The molecule has 0 saturated heterocycles. The Hall–Kier alpha value is -3.65. The Morgan fingerprint density at radius 3 is 2.07 bits per heavy atom. The molecule has 2 amide bonds. The average molecular weight is 590 g/mol. The molecule has 4 rings (SSSR count). The fraction of sp³-hybridized carbons (Fsp3) is 0.412. The fourth-order valence-corrected chi connectivity index (χ4v) is 6.73. The Balaban J connectivity index is 1.57. The Kier molecular flexibility index (Phi) is 11.2. The first-order valence-corrected chi connectivity index (χ1v) is 16.8. The van der Waals surface area contributed by atoms with Gasteiger partial charge in [-0.1, -0.05) is 98.1 Å². The van der Waals surface area contributed by atoms with E-state index in [0.29, 0.717) is 25.1 Å². The van der Waals surface area contributed by atoms with Crippen molar-refractivity contribution in [2.75, 3.05) is 17.1 Å². The number of amides is 2. The zero-order valence-corrected chi connectivity index (χ0v) is 25.6. The number of rotatable bonds is 13. The minimum Gasteiger partial charge on any atom is -0.352 e. The van der Waals surface area contributed by atoms with E-state index in [0.717, 1.165) is 42.4 Å². The van der Waals surface area contributed by atoms with Crippen LogP contribution in [-0.4, -0.2) is 50.0 Å². The van der Waals surface area contributed by atoms with Gasteiger partial charge < -0.3 is 10.2 Å². The third-order valence-electron chi connectivity index (χ3n) is 7.95. The molecule has 42 heavy (non-hydrogen) atoms. The van der Waals surface area contributed by atoms with Crippen molar-refractivity contribution in [3.8, 4) is 0 Å². The van der Waals surface area contributed by atoms with Crippen molar-refractivity contribution in [2.24, 2.45) is 0 Å². The maximum absolute atomic E-state index is 14.0. The average Bonchev–Trinajstić information content (AvgIpc) is 2.98. The number of sulfonamides is 1. The Morgan fingerprint density at radius 1 is 0.857 bits per heavy atom. The van der Waals surface area contributed by atoms with Crippen LogP contribution in [0.2, 0.25) is 0 Å². The molecule has 1 aliphatic rings. The quantitative estimate of drug-likeness (QED) is 0.280. The summed E-state index contributed by atoms with van der Waals surface area (Å²) in [6.07, 6.45) is 7.32. The summed E-state index contributed by atoms with van der Waals surface area (Å²) in [4.78, 5) is 29.6. The molecule has 8 heteroatoms. The van der Waals surface area contributed by atoms with Crippen LogP contribution in [0.15, 0.2) is 84.9 Å². The van der Waals surface area contributed by atoms with Gasteiger partial charge in [0.15, 0.2) is 0 Å². The van der Waals surface area contributed by atoms with Crippen molar-refractivity contribution >= 4 is 27.5 Å². The summed E-state index contributed by atoms with van der Waals surface area (Å²) in [6.45, 7) is 2.34. The topological polar surface area (TPSA) is 86.8 Å². The number of benzene rings is 3. The van der Waals surface area contributed by atoms with E-state index in [9.17, 15) is 18.0 Å². The third-order valence-corrected chi connectivity index (χ3v) is 9.13. The van der Waals surface area contributed by atoms with Crippen LogP contribution in [0.3, 0.4) is 0 Å². The molecule has 1 atom stereocenters. The minimum absolute atomic E-state index is 0.118. The van der Waals surface area contributed by atoms with Crippen molar-refractivity contribution in [3.63, 3.8) is 0 Å². The van der Waals surface area contributed by atoms with E-state index < -0.39 is 16.1 Å². The summed E-state index contributed by atoms with van der Waals surface area (Å²) >= 11 is 0. The molecule has 3 aromatic carbocycles. The number of aryl methyl sites for hydroxylation is 1. The zero-order valence-electron chi connectivity index (χ0n) is 24.7. The summed E-state index contributed by atoms with van der Waals surface area (Å²) in [5, 5.41) is 3.26. The predicted molar refractivity (Wildman–Crippen MR) is 169 cm³/mol. The first-order chi connectivity index (χ1) is 20.2. The largest absolute Gasteiger partial charge is 0.352 e. The number of anilines is 1. The van der Waals surface area contributed by atoms with E-state index in [1.165, 1.54) is 17.0 Å². The molecule has 0 radical (unpaired) electrons. The number of para-hydroxylation sites is 1. The molecule has 0 bridgehead atoms. The van der Waals surface area contributed by atoms with Crippen molar-refractivity contribution in [3.05, 3.63) is 102 Å². The van der Waals surface area contributed by atoms with Crippen molar-refractivity contribution in [1.82, 2.24) is 10.2 Å². The first-order valence-electron chi connectivity index (χ1n) is 14.9. The number of nitrogens with one attached hydrogen (secondary N) is 1. The standard InChI is InChI=1S/C34H43N3O4S/c1-27-15-12-13-22-31(27)37(42(2,40)41)24-14-23-33(38)36(26-29-18-8-4-9-19-29)32(25-28-16-6-3-7-17-28)34(39)35-30-20-10-5-11-21-30/h3-4,6-9,12-13,15-19,22,30,32H,5,10-11,14,20-21,23-26H2,1-2H3,(H,35,39)/t32-/m0/s1. The second-order valence-electron chi connectivity index (χ2n) is 11.3. The molecule has 0 aromatic heterocycles. The second kappa shape index (κ2) is 15.0. The van der Waals surface area contributed by atoms with Gasteiger partial charge in [-0.3, -0.25) is 13.9 Å². The summed E-state index contributed by atoms with van der Waals surface area (Å²) < 4.78 is 26.8. The molecule has 224 valence electrons. The number of hydrogen-bond acceptors (Lipinski definition) is 4. The van der Waals surface area contributed by atoms with Crippen LogP contribution < -0.4 is 9.62 Å². The molecule has 1 aliphatic carbocycles. The molecule has 3 aromatic rings. The van der Waals surface area contributed by atoms with Crippen LogP contribution in [0.4, 0.5) is 5.69 Å². The first kappa shape index (κ1) is 31.3. The highest BCUT2D eigenvalue weighted by molar-refractivity contribution is 7.92. The SMILES string of the molecule is Cc1ccccc1N(CCCC(=O)N(Cc1ccccc1)[C@@H](Cc1ccccc1)C(=O)NC1CCCCC1)S(C)(=O)=O. The van der Waals surface area contributed by atoms with Crippen molar-refractivity contribution < 1.29 is 18.0 Å². The van der Waals surface area contributed by atoms with Gasteiger partial charge in [0.1, 0.15) is 6.04 Å². The minimum atomic E-state index is -3.55. The monoisotopic (exact) mass is 589 g/mol. The van der Waals surface area contributed by atoms with Gasteiger partial charge in [0.25, 0.3) is 0 Å². The van der Waals surface area contributed by atoms with Gasteiger partial charge in [0.05, 0.1) is 11.9 Å². The highest BCUT2D eigenvalue weighted by Crippen LogP contribution is 2.24. The molecule has 1 fully saturated rings. The Morgan fingerprint density at radius 2 is 1.45 bits per heavy atom. The molecular weight excluding hydrogens is 546 g/mol.